The largest absolute Gasteiger partial charge is 0.339 e. The van der Waals surface area contributed by atoms with E-state index in [2.05, 4.69) is 5.32 Å². The number of hydrogen-bond acceptors (Lipinski definition) is 3. The molecule has 1 aliphatic heterocycles. The number of anilines is 1. The molecule has 2 amide bonds. The Hall–Kier alpha value is -1.88. The third-order valence-electron chi connectivity index (χ3n) is 4.65. The lowest BCUT2D eigenvalue weighted by molar-refractivity contribution is -0.119. The monoisotopic (exact) mass is 301 g/mol. The molecule has 22 heavy (non-hydrogen) atoms. The van der Waals surface area contributed by atoms with E-state index in [4.69, 9.17) is 5.73 Å². The standard InChI is InChI=1S/C17H23N3O2/c18-13-8-7-12(11-13)16(21)19-15-6-2-1-5-14(15)17(22)20-9-3-4-10-20/h1-2,5-6,12-13H,3-4,7-11,18H2,(H,19,21). The average molecular weight is 301 g/mol. The highest BCUT2D eigenvalue weighted by Gasteiger charge is 2.29. The van der Waals surface area contributed by atoms with Gasteiger partial charge in [-0.25, -0.2) is 0 Å². The Bertz CT molecular complexity index is 567. The summed E-state index contributed by atoms with van der Waals surface area (Å²) in [7, 11) is 0. The summed E-state index contributed by atoms with van der Waals surface area (Å²) >= 11 is 0. The zero-order valence-corrected chi connectivity index (χ0v) is 12.8. The van der Waals surface area contributed by atoms with E-state index in [-0.39, 0.29) is 23.8 Å². The molecule has 2 unspecified atom stereocenters. The van der Waals surface area contributed by atoms with Crippen LogP contribution in [0.4, 0.5) is 5.69 Å². The Morgan fingerprint density at radius 2 is 1.86 bits per heavy atom. The first-order valence-corrected chi connectivity index (χ1v) is 8.10. The van der Waals surface area contributed by atoms with E-state index in [1.807, 2.05) is 17.0 Å². The first-order chi connectivity index (χ1) is 10.6. The Labute approximate surface area is 130 Å². The van der Waals surface area contributed by atoms with Crippen LogP contribution in [0.2, 0.25) is 0 Å². The van der Waals surface area contributed by atoms with E-state index >= 15 is 0 Å². The van der Waals surface area contributed by atoms with E-state index < -0.39 is 0 Å². The summed E-state index contributed by atoms with van der Waals surface area (Å²) in [5.41, 5.74) is 7.08. The normalized spacial score (nSPS) is 24.5. The van der Waals surface area contributed by atoms with Crippen molar-refractivity contribution in [3.05, 3.63) is 29.8 Å². The second-order valence-electron chi connectivity index (χ2n) is 6.30. The third kappa shape index (κ3) is 3.14. The fourth-order valence-electron chi connectivity index (χ4n) is 3.36. The molecule has 5 nitrogen and oxygen atoms in total. The number of nitrogens with one attached hydrogen (secondary N) is 1. The highest BCUT2D eigenvalue weighted by molar-refractivity contribution is 6.04. The van der Waals surface area contributed by atoms with Gasteiger partial charge in [-0.3, -0.25) is 9.59 Å². The Kier molecular flexibility index (Phi) is 4.43. The van der Waals surface area contributed by atoms with Crippen LogP contribution in [0.3, 0.4) is 0 Å². The van der Waals surface area contributed by atoms with Crippen molar-refractivity contribution in [1.29, 1.82) is 0 Å². The van der Waals surface area contributed by atoms with E-state index in [0.29, 0.717) is 11.3 Å². The van der Waals surface area contributed by atoms with E-state index in [1.165, 1.54) is 0 Å². The zero-order chi connectivity index (χ0) is 15.5. The van der Waals surface area contributed by atoms with E-state index in [1.54, 1.807) is 12.1 Å². The summed E-state index contributed by atoms with van der Waals surface area (Å²) < 4.78 is 0. The van der Waals surface area contributed by atoms with Gasteiger partial charge in [-0.05, 0) is 44.2 Å². The number of carbonyl (C=O) groups is 2. The number of benzene rings is 1. The van der Waals surface area contributed by atoms with Crippen molar-refractivity contribution >= 4 is 17.5 Å². The third-order valence-corrected chi connectivity index (χ3v) is 4.65. The second kappa shape index (κ2) is 6.48. The fraction of sp³-hybridized carbons (Fsp3) is 0.529. The molecule has 0 radical (unpaired) electrons. The minimum atomic E-state index is -0.0371. The molecule has 3 rings (SSSR count). The number of rotatable bonds is 3. The summed E-state index contributed by atoms with van der Waals surface area (Å²) in [4.78, 5) is 26.8. The first-order valence-electron chi connectivity index (χ1n) is 8.10. The molecule has 1 saturated carbocycles. The quantitative estimate of drug-likeness (QED) is 0.896. The molecular weight excluding hydrogens is 278 g/mol. The van der Waals surface area contributed by atoms with Crippen LogP contribution >= 0.6 is 0 Å². The number of nitrogens with zero attached hydrogens (tertiary/aromatic N) is 1. The topological polar surface area (TPSA) is 75.4 Å². The van der Waals surface area contributed by atoms with Gasteiger partial charge in [0.15, 0.2) is 0 Å². The molecule has 5 heteroatoms. The number of hydrogen-bond donors (Lipinski definition) is 2. The minimum absolute atomic E-state index is 0.0107. The zero-order valence-electron chi connectivity index (χ0n) is 12.8. The first kappa shape index (κ1) is 15.0. The number of carbonyl (C=O) groups excluding carboxylic acids is 2. The molecule has 1 aromatic rings. The molecule has 118 valence electrons. The van der Waals surface area contributed by atoms with Gasteiger partial charge in [-0.1, -0.05) is 12.1 Å². The van der Waals surface area contributed by atoms with Gasteiger partial charge < -0.3 is 16.0 Å². The molecule has 2 atom stereocenters. The van der Waals surface area contributed by atoms with Crippen molar-refractivity contribution in [3.8, 4) is 0 Å². The van der Waals surface area contributed by atoms with Crippen molar-refractivity contribution < 1.29 is 9.59 Å². The number of likely N-dealkylation sites (tertiary alicyclic amines) is 1. The molecule has 1 aromatic carbocycles. The van der Waals surface area contributed by atoms with Crippen LogP contribution < -0.4 is 11.1 Å². The number of amides is 2. The van der Waals surface area contributed by atoms with Crippen LogP contribution in [0, 0.1) is 5.92 Å². The van der Waals surface area contributed by atoms with Crippen molar-refractivity contribution in [1.82, 2.24) is 4.90 Å². The Morgan fingerprint density at radius 3 is 2.55 bits per heavy atom. The summed E-state index contributed by atoms with van der Waals surface area (Å²) in [5, 5.41) is 2.94. The lowest BCUT2D eigenvalue weighted by atomic mass is 10.1. The molecule has 1 heterocycles. The molecule has 2 fully saturated rings. The van der Waals surface area contributed by atoms with E-state index in [0.717, 1.165) is 45.2 Å². The highest BCUT2D eigenvalue weighted by Crippen LogP contribution is 2.27. The van der Waals surface area contributed by atoms with Gasteiger partial charge in [0.1, 0.15) is 0 Å². The molecule has 0 spiro atoms. The number of nitrogens with two attached hydrogens (primary N) is 1. The van der Waals surface area contributed by atoms with Crippen molar-refractivity contribution in [3.63, 3.8) is 0 Å². The maximum Gasteiger partial charge on any atom is 0.255 e. The molecule has 0 aromatic heterocycles. The van der Waals surface area contributed by atoms with Gasteiger partial charge in [-0.2, -0.15) is 0 Å². The van der Waals surface area contributed by atoms with Crippen LogP contribution in [0.25, 0.3) is 0 Å². The summed E-state index contributed by atoms with van der Waals surface area (Å²) in [5.74, 6) is -0.0453. The molecule has 2 aliphatic rings. The van der Waals surface area contributed by atoms with Crippen LogP contribution in [-0.2, 0) is 4.79 Å². The molecule has 1 saturated heterocycles. The van der Waals surface area contributed by atoms with Gasteiger partial charge in [-0.15, -0.1) is 0 Å². The van der Waals surface area contributed by atoms with E-state index in [9.17, 15) is 9.59 Å². The van der Waals surface area contributed by atoms with Crippen LogP contribution in [-0.4, -0.2) is 35.8 Å². The van der Waals surface area contributed by atoms with Crippen LogP contribution in [0.15, 0.2) is 24.3 Å². The van der Waals surface area contributed by atoms with Gasteiger partial charge in [0.2, 0.25) is 5.91 Å². The second-order valence-corrected chi connectivity index (χ2v) is 6.30. The number of para-hydroxylation sites is 1. The SMILES string of the molecule is NC1CCC(C(=O)Nc2ccccc2C(=O)N2CCCC2)C1. The maximum atomic E-state index is 12.6. The average Bonchev–Trinajstić information content (AvgIpc) is 3.18. The minimum Gasteiger partial charge on any atom is -0.339 e. The van der Waals surface area contributed by atoms with Crippen molar-refractivity contribution in [2.24, 2.45) is 11.7 Å². The lowest BCUT2D eigenvalue weighted by Crippen LogP contribution is -2.29. The Balaban J connectivity index is 1.73. The van der Waals surface area contributed by atoms with Crippen molar-refractivity contribution in [2.75, 3.05) is 18.4 Å². The van der Waals surface area contributed by atoms with Gasteiger partial charge >= 0.3 is 0 Å². The van der Waals surface area contributed by atoms with Crippen LogP contribution in [0.5, 0.6) is 0 Å². The summed E-state index contributed by atoms with van der Waals surface area (Å²) in [6.07, 6.45) is 4.57. The van der Waals surface area contributed by atoms with Gasteiger partial charge in [0.05, 0.1) is 11.3 Å². The van der Waals surface area contributed by atoms with Gasteiger partial charge in [0.25, 0.3) is 5.91 Å². The Morgan fingerprint density at radius 1 is 1.14 bits per heavy atom. The summed E-state index contributed by atoms with van der Waals surface area (Å²) in [6.45, 7) is 1.61. The fourth-order valence-corrected chi connectivity index (χ4v) is 3.36. The maximum absolute atomic E-state index is 12.6. The van der Waals surface area contributed by atoms with Crippen molar-refractivity contribution in [2.45, 2.75) is 38.1 Å². The molecule has 0 bridgehead atoms. The summed E-state index contributed by atoms with van der Waals surface area (Å²) in [6, 6.07) is 7.39. The van der Waals surface area contributed by atoms with Crippen LogP contribution in [0.1, 0.15) is 42.5 Å². The predicted molar refractivity (Wildman–Crippen MR) is 85.5 cm³/mol. The smallest absolute Gasteiger partial charge is 0.255 e. The highest BCUT2D eigenvalue weighted by atomic mass is 16.2. The molecule has 1 aliphatic carbocycles. The molecule has 3 N–H and O–H groups in total. The molecular formula is C17H23N3O2. The predicted octanol–water partition coefficient (Wildman–Crippen LogP) is 1.99. The van der Waals surface area contributed by atoms with Gasteiger partial charge in [0, 0.05) is 25.0 Å². The lowest BCUT2D eigenvalue weighted by Gasteiger charge is -2.19.